The topological polar surface area (TPSA) is 127 Å². The third-order valence-corrected chi connectivity index (χ3v) is 8.10. The van der Waals surface area contributed by atoms with Crippen molar-refractivity contribution in [2.24, 2.45) is 4.99 Å². The lowest BCUT2D eigenvalue weighted by Crippen LogP contribution is -2.43. The smallest absolute Gasteiger partial charge is 0.312 e. The maximum absolute atomic E-state index is 13.9. The minimum Gasteiger partial charge on any atom is -0.501 e. The number of hydrogen-bond donors (Lipinski definition) is 1. The Balaban J connectivity index is 2.00. The van der Waals surface area contributed by atoms with Crippen LogP contribution in [0.4, 0.5) is 5.69 Å². The SMILES string of the molecule is CCN(CC)C(=O)C1=C(C)N=c2s/c(=C/c3cc(I)c(O)c([N+](=O)[O-])c3)c(=O)n2[C@H]1c1ccccc1OC. The Morgan fingerprint density at radius 1 is 1.32 bits per heavy atom. The largest absolute Gasteiger partial charge is 0.501 e. The fourth-order valence-electron chi connectivity index (χ4n) is 4.44. The molecule has 1 N–H and O–H groups in total. The van der Waals surface area contributed by atoms with Crippen molar-refractivity contribution in [1.82, 2.24) is 9.47 Å². The van der Waals surface area contributed by atoms with E-state index in [-0.39, 0.29) is 14.0 Å². The van der Waals surface area contributed by atoms with Crippen molar-refractivity contribution < 1.29 is 19.6 Å². The molecule has 10 nitrogen and oxygen atoms in total. The number of phenolic OH excluding ortho intramolecular Hbond substituents is 1. The first-order valence-electron chi connectivity index (χ1n) is 11.7. The number of phenols is 1. The Morgan fingerprint density at radius 3 is 2.63 bits per heavy atom. The lowest BCUT2D eigenvalue weighted by molar-refractivity contribution is -0.386. The minimum absolute atomic E-state index is 0.217. The van der Waals surface area contributed by atoms with Gasteiger partial charge in [0.15, 0.2) is 4.80 Å². The van der Waals surface area contributed by atoms with E-state index in [2.05, 4.69) is 4.99 Å². The number of nitro benzene ring substituents is 1. The van der Waals surface area contributed by atoms with Crippen molar-refractivity contribution in [3.05, 3.63) is 92.2 Å². The normalized spacial score (nSPS) is 15.2. The number of nitrogens with zero attached hydrogens (tertiary/aromatic N) is 4. The number of aromatic nitrogens is 1. The number of hydrogen-bond acceptors (Lipinski definition) is 8. The molecule has 1 aromatic heterocycles. The molecule has 1 atom stereocenters. The molecule has 1 aliphatic heterocycles. The van der Waals surface area contributed by atoms with E-state index in [4.69, 9.17) is 4.74 Å². The number of amides is 1. The van der Waals surface area contributed by atoms with Crippen LogP contribution in [0.5, 0.6) is 11.5 Å². The molecule has 198 valence electrons. The summed E-state index contributed by atoms with van der Waals surface area (Å²) in [6, 6.07) is 9.21. The highest BCUT2D eigenvalue weighted by atomic mass is 127. The number of nitro groups is 1. The molecule has 12 heteroatoms. The van der Waals surface area contributed by atoms with Gasteiger partial charge < -0.3 is 14.7 Å². The van der Waals surface area contributed by atoms with E-state index in [1.807, 2.05) is 32.0 Å². The maximum atomic E-state index is 13.9. The Bertz CT molecular complexity index is 1650. The van der Waals surface area contributed by atoms with Crippen LogP contribution in [-0.2, 0) is 4.79 Å². The summed E-state index contributed by atoms with van der Waals surface area (Å²) in [7, 11) is 1.53. The van der Waals surface area contributed by atoms with Gasteiger partial charge in [0.05, 0.1) is 31.4 Å². The molecular formula is C26H25IN4O6S. The molecule has 0 saturated heterocycles. The second kappa shape index (κ2) is 11.1. The number of fused-ring (bicyclic) bond motifs is 1. The predicted molar refractivity (Wildman–Crippen MR) is 152 cm³/mol. The van der Waals surface area contributed by atoms with Crippen LogP contribution in [0.1, 0.15) is 37.9 Å². The average molecular weight is 648 g/mol. The predicted octanol–water partition coefficient (Wildman–Crippen LogP) is 3.33. The van der Waals surface area contributed by atoms with Gasteiger partial charge >= 0.3 is 5.69 Å². The van der Waals surface area contributed by atoms with E-state index in [0.29, 0.717) is 46.0 Å². The highest BCUT2D eigenvalue weighted by Gasteiger charge is 2.35. The molecule has 0 radical (unpaired) electrons. The summed E-state index contributed by atoms with van der Waals surface area (Å²) in [4.78, 5) is 45.0. The molecule has 3 aromatic rings. The number of allylic oxidation sites excluding steroid dienone is 1. The van der Waals surface area contributed by atoms with Crippen LogP contribution in [0.2, 0.25) is 0 Å². The number of benzene rings is 2. The minimum atomic E-state index is -0.785. The molecule has 38 heavy (non-hydrogen) atoms. The zero-order chi connectivity index (χ0) is 27.7. The Hall–Kier alpha value is -3.52. The molecule has 0 saturated carbocycles. The zero-order valence-corrected chi connectivity index (χ0v) is 24.1. The lowest BCUT2D eigenvalue weighted by atomic mass is 9.94. The number of halogens is 1. The van der Waals surface area contributed by atoms with Crippen LogP contribution in [0.25, 0.3) is 6.08 Å². The molecule has 2 aromatic carbocycles. The average Bonchev–Trinajstić information content (AvgIpc) is 3.19. The van der Waals surface area contributed by atoms with Crippen molar-refractivity contribution in [3.63, 3.8) is 0 Å². The van der Waals surface area contributed by atoms with Gasteiger partial charge in [-0.3, -0.25) is 24.3 Å². The number of ether oxygens (including phenoxy) is 1. The van der Waals surface area contributed by atoms with Gasteiger partial charge in [-0.25, -0.2) is 4.99 Å². The molecule has 0 unspecified atom stereocenters. The fourth-order valence-corrected chi connectivity index (χ4v) is 6.12. The Kier molecular flexibility index (Phi) is 8.02. The number of carbonyl (C=O) groups is 1. The summed E-state index contributed by atoms with van der Waals surface area (Å²) in [5.41, 5.74) is 1.06. The summed E-state index contributed by atoms with van der Waals surface area (Å²) in [5, 5.41) is 21.5. The molecule has 2 heterocycles. The van der Waals surface area contributed by atoms with Crippen LogP contribution >= 0.6 is 33.9 Å². The number of thiazole rings is 1. The third-order valence-electron chi connectivity index (χ3n) is 6.30. The molecule has 1 aliphatic rings. The first kappa shape index (κ1) is 27.5. The number of likely N-dealkylation sites (N-methyl/N-ethyl adjacent to an activating group) is 1. The summed E-state index contributed by atoms with van der Waals surface area (Å²) in [6.45, 7) is 6.52. The molecular weight excluding hydrogens is 623 g/mol. The molecule has 1 amide bonds. The summed E-state index contributed by atoms with van der Waals surface area (Å²) < 4.78 is 7.65. The second-order valence-corrected chi connectivity index (χ2v) is 10.6. The molecule has 0 aliphatic carbocycles. The van der Waals surface area contributed by atoms with Crippen LogP contribution in [-0.4, -0.2) is 45.6 Å². The van der Waals surface area contributed by atoms with Gasteiger partial charge in [-0.05, 0) is 67.1 Å². The van der Waals surface area contributed by atoms with E-state index in [0.717, 1.165) is 11.3 Å². The van der Waals surface area contributed by atoms with Crippen LogP contribution < -0.4 is 19.6 Å². The summed E-state index contributed by atoms with van der Waals surface area (Å²) in [6.07, 6.45) is 1.53. The zero-order valence-electron chi connectivity index (χ0n) is 21.1. The molecule has 0 fully saturated rings. The highest BCUT2D eigenvalue weighted by molar-refractivity contribution is 14.1. The van der Waals surface area contributed by atoms with Crippen molar-refractivity contribution in [3.8, 4) is 11.5 Å². The van der Waals surface area contributed by atoms with Gasteiger partial charge in [0.1, 0.15) is 11.8 Å². The third kappa shape index (κ3) is 4.85. The van der Waals surface area contributed by atoms with E-state index in [9.17, 15) is 24.8 Å². The van der Waals surface area contributed by atoms with Crippen LogP contribution in [0.15, 0.2) is 57.5 Å². The van der Waals surface area contributed by atoms with E-state index < -0.39 is 28.0 Å². The molecule has 0 bridgehead atoms. The van der Waals surface area contributed by atoms with Crippen molar-refractivity contribution in [2.45, 2.75) is 26.8 Å². The molecule has 0 spiro atoms. The Morgan fingerprint density at radius 2 is 2.00 bits per heavy atom. The van der Waals surface area contributed by atoms with Crippen molar-refractivity contribution >= 4 is 51.6 Å². The van der Waals surface area contributed by atoms with E-state index in [1.165, 1.54) is 23.8 Å². The highest BCUT2D eigenvalue weighted by Crippen LogP contribution is 2.36. The summed E-state index contributed by atoms with van der Waals surface area (Å²) >= 11 is 2.93. The summed E-state index contributed by atoms with van der Waals surface area (Å²) in [5.74, 6) is -0.124. The Labute approximate surface area is 235 Å². The van der Waals surface area contributed by atoms with Gasteiger partial charge in [0.2, 0.25) is 5.75 Å². The van der Waals surface area contributed by atoms with Gasteiger partial charge in [-0.2, -0.15) is 0 Å². The monoisotopic (exact) mass is 648 g/mol. The van der Waals surface area contributed by atoms with Gasteiger partial charge in [-0.15, -0.1) is 0 Å². The fraction of sp³-hybridized carbons (Fsp3) is 0.269. The van der Waals surface area contributed by atoms with Crippen LogP contribution in [0, 0.1) is 13.7 Å². The first-order chi connectivity index (χ1) is 18.1. The van der Waals surface area contributed by atoms with Crippen molar-refractivity contribution in [1.29, 1.82) is 0 Å². The number of carbonyl (C=O) groups excluding carboxylic acids is 1. The first-order valence-corrected chi connectivity index (χ1v) is 13.6. The number of para-hydroxylation sites is 1. The number of methoxy groups -OCH3 is 1. The van der Waals surface area contributed by atoms with Crippen LogP contribution in [0.3, 0.4) is 0 Å². The van der Waals surface area contributed by atoms with Gasteiger partial charge in [-0.1, -0.05) is 29.5 Å². The molecule has 4 rings (SSSR count). The number of aromatic hydroxyl groups is 1. The number of rotatable bonds is 7. The quantitative estimate of drug-likeness (QED) is 0.238. The second-order valence-electron chi connectivity index (χ2n) is 8.43. The maximum Gasteiger partial charge on any atom is 0.312 e. The van der Waals surface area contributed by atoms with Crippen molar-refractivity contribution in [2.75, 3.05) is 20.2 Å². The standard InChI is InChI=1S/C26H25IN4O6S/c1-5-29(6-2)25(34)21-14(3)28-26-30(22(21)16-9-7-8-10-19(16)37-4)24(33)20(38-26)13-15-11-17(27)23(32)18(12-15)31(35)36/h7-13,22,32H,5-6H2,1-4H3/b20-13+/t22-/m0/s1. The van der Waals surface area contributed by atoms with Gasteiger partial charge in [0, 0.05) is 24.7 Å². The van der Waals surface area contributed by atoms with E-state index in [1.54, 1.807) is 46.5 Å². The van der Waals surface area contributed by atoms with Gasteiger partial charge in [0.25, 0.3) is 11.5 Å². The lowest BCUT2D eigenvalue weighted by Gasteiger charge is -2.29. The van der Waals surface area contributed by atoms with E-state index >= 15 is 0 Å².